The molecule has 3 atom stereocenters. The maximum atomic E-state index is 12.3. The number of hydrogen-bond acceptors (Lipinski definition) is 3. The summed E-state index contributed by atoms with van der Waals surface area (Å²) in [5.41, 5.74) is 0. The van der Waals surface area contributed by atoms with Crippen molar-refractivity contribution in [2.45, 2.75) is 32.3 Å². The van der Waals surface area contributed by atoms with Gasteiger partial charge in [0, 0.05) is 12.5 Å². The Kier molecular flexibility index (Phi) is 3.66. The lowest BCUT2D eigenvalue weighted by molar-refractivity contribution is -0.160. The maximum Gasteiger partial charge on any atom is 0.334 e. The second-order valence-corrected chi connectivity index (χ2v) is 5.00. The molecule has 17 heavy (non-hydrogen) atoms. The molecule has 1 amide bonds. The predicted octanol–water partition coefficient (Wildman–Crippen LogP) is 0.735. The molecule has 1 saturated carbocycles. The summed E-state index contributed by atoms with van der Waals surface area (Å²) in [6.07, 6.45) is 2.28. The van der Waals surface area contributed by atoms with Crippen LogP contribution in [-0.2, 0) is 14.3 Å². The van der Waals surface area contributed by atoms with Crippen LogP contribution in [0.15, 0.2) is 0 Å². The van der Waals surface area contributed by atoms with Crippen molar-refractivity contribution < 1.29 is 19.4 Å². The third-order valence-electron chi connectivity index (χ3n) is 3.83. The standard InChI is InChI=1S/C12H19NO4/c1-8-3-2-4-9(8)11(14)13-5-6-17-10(7-13)12(15)16/h8-10H,2-7H2,1H3,(H,15,16). The summed E-state index contributed by atoms with van der Waals surface area (Å²) in [6.45, 7) is 3.14. The van der Waals surface area contributed by atoms with E-state index < -0.39 is 12.1 Å². The topological polar surface area (TPSA) is 66.8 Å². The number of morpholine rings is 1. The van der Waals surface area contributed by atoms with Crippen molar-refractivity contribution in [3.05, 3.63) is 0 Å². The van der Waals surface area contributed by atoms with Crippen LogP contribution in [0.25, 0.3) is 0 Å². The van der Waals surface area contributed by atoms with Crippen molar-refractivity contribution >= 4 is 11.9 Å². The van der Waals surface area contributed by atoms with E-state index in [4.69, 9.17) is 9.84 Å². The van der Waals surface area contributed by atoms with Crippen LogP contribution >= 0.6 is 0 Å². The van der Waals surface area contributed by atoms with E-state index in [0.717, 1.165) is 19.3 Å². The lowest BCUT2D eigenvalue weighted by Gasteiger charge is -2.33. The molecule has 2 aliphatic rings. The number of aliphatic carboxylic acids is 1. The molecule has 5 nitrogen and oxygen atoms in total. The zero-order chi connectivity index (χ0) is 12.4. The Hall–Kier alpha value is -1.10. The molecular weight excluding hydrogens is 222 g/mol. The molecule has 5 heteroatoms. The van der Waals surface area contributed by atoms with E-state index in [9.17, 15) is 9.59 Å². The molecule has 0 radical (unpaired) electrons. The van der Waals surface area contributed by atoms with Crippen molar-refractivity contribution in [3.8, 4) is 0 Å². The third kappa shape index (κ3) is 2.60. The number of amides is 1. The first-order chi connectivity index (χ1) is 8.09. The Bertz CT molecular complexity index is 318. The van der Waals surface area contributed by atoms with Crippen LogP contribution in [0.3, 0.4) is 0 Å². The van der Waals surface area contributed by atoms with Gasteiger partial charge in [0.2, 0.25) is 5.91 Å². The van der Waals surface area contributed by atoms with Gasteiger partial charge in [0.1, 0.15) is 0 Å². The van der Waals surface area contributed by atoms with Gasteiger partial charge >= 0.3 is 5.97 Å². The smallest absolute Gasteiger partial charge is 0.334 e. The van der Waals surface area contributed by atoms with E-state index in [1.54, 1.807) is 4.90 Å². The number of ether oxygens (including phenoxy) is 1. The Labute approximate surface area is 101 Å². The fourth-order valence-corrected chi connectivity index (χ4v) is 2.75. The summed E-state index contributed by atoms with van der Waals surface area (Å²) in [5, 5.41) is 8.89. The van der Waals surface area contributed by atoms with Crippen molar-refractivity contribution in [2.75, 3.05) is 19.7 Å². The second-order valence-electron chi connectivity index (χ2n) is 5.00. The fourth-order valence-electron chi connectivity index (χ4n) is 2.75. The van der Waals surface area contributed by atoms with E-state index in [1.165, 1.54) is 0 Å². The van der Waals surface area contributed by atoms with E-state index in [1.807, 2.05) is 0 Å². The van der Waals surface area contributed by atoms with Crippen LogP contribution in [0.2, 0.25) is 0 Å². The van der Waals surface area contributed by atoms with Crippen LogP contribution in [-0.4, -0.2) is 47.7 Å². The summed E-state index contributed by atoms with van der Waals surface area (Å²) in [4.78, 5) is 24.8. The molecular formula is C12H19NO4. The van der Waals surface area contributed by atoms with Crippen LogP contribution in [0.4, 0.5) is 0 Å². The zero-order valence-electron chi connectivity index (χ0n) is 10.1. The summed E-state index contributed by atoms with van der Waals surface area (Å²) >= 11 is 0. The molecule has 2 rings (SSSR count). The number of carboxylic acids is 1. The Morgan fingerprint density at radius 2 is 2.12 bits per heavy atom. The minimum atomic E-state index is -0.984. The summed E-state index contributed by atoms with van der Waals surface area (Å²) < 4.78 is 5.12. The summed E-state index contributed by atoms with van der Waals surface area (Å²) in [5.74, 6) is -0.359. The second kappa shape index (κ2) is 5.04. The largest absolute Gasteiger partial charge is 0.479 e. The van der Waals surface area contributed by atoms with Crippen molar-refractivity contribution in [2.24, 2.45) is 11.8 Å². The van der Waals surface area contributed by atoms with Gasteiger partial charge < -0.3 is 14.7 Å². The minimum Gasteiger partial charge on any atom is -0.479 e. The molecule has 2 fully saturated rings. The van der Waals surface area contributed by atoms with E-state index in [-0.39, 0.29) is 18.4 Å². The summed E-state index contributed by atoms with van der Waals surface area (Å²) in [7, 11) is 0. The Balaban J connectivity index is 1.97. The fraction of sp³-hybridized carbons (Fsp3) is 0.833. The van der Waals surface area contributed by atoms with Gasteiger partial charge in [-0.2, -0.15) is 0 Å². The normalized spacial score (nSPS) is 33.7. The van der Waals surface area contributed by atoms with Crippen LogP contribution in [0, 0.1) is 11.8 Å². The van der Waals surface area contributed by atoms with Gasteiger partial charge in [-0.15, -0.1) is 0 Å². The maximum absolute atomic E-state index is 12.3. The highest BCUT2D eigenvalue weighted by Crippen LogP contribution is 2.32. The molecule has 0 aromatic heterocycles. The van der Waals surface area contributed by atoms with Crippen molar-refractivity contribution in [1.29, 1.82) is 0 Å². The molecule has 1 aliphatic carbocycles. The average molecular weight is 241 g/mol. The minimum absolute atomic E-state index is 0.0857. The highest BCUT2D eigenvalue weighted by Gasteiger charge is 2.36. The molecule has 0 spiro atoms. The molecule has 1 N–H and O–H groups in total. The molecule has 3 unspecified atom stereocenters. The number of nitrogens with zero attached hydrogens (tertiary/aromatic N) is 1. The first-order valence-electron chi connectivity index (χ1n) is 6.23. The monoisotopic (exact) mass is 241 g/mol. The molecule has 0 aromatic rings. The number of hydrogen-bond donors (Lipinski definition) is 1. The first kappa shape index (κ1) is 12.4. The van der Waals surface area contributed by atoms with Gasteiger partial charge in [0.25, 0.3) is 0 Å². The van der Waals surface area contributed by atoms with Gasteiger partial charge in [-0.1, -0.05) is 13.3 Å². The van der Waals surface area contributed by atoms with Gasteiger partial charge in [-0.25, -0.2) is 4.79 Å². The van der Waals surface area contributed by atoms with Crippen LogP contribution < -0.4 is 0 Å². The van der Waals surface area contributed by atoms with E-state index in [2.05, 4.69) is 6.92 Å². The van der Waals surface area contributed by atoms with Gasteiger partial charge in [0.05, 0.1) is 13.2 Å². The Morgan fingerprint density at radius 1 is 1.35 bits per heavy atom. The predicted molar refractivity (Wildman–Crippen MR) is 60.5 cm³/mol. The van der Waals surface area contributed by atoms with Gasteiger partial charge in [0.15, 0.2) is 6.10 Å². The number of carboxylic acid groups (broad SMARTS) is 1. The van der Waals surface area contributed by atoms with Gasteiger partial charge in [-0.3, -0.25) is 4.79 Å². The SMILES string of the molecule is CC1CCCC1C(=O)N1CCOC(C(=O)O)C1. The molecule has 1 heterocycles. The van der Waals surface area contributed by atoms with E-state index in [0.29, 0.717) is 19.1 Å². The molecule has 0 aromatic carbocycles. The molecule has 1 saturated heterocycles. The van der Waals surface area contributed by atoms with Crippen LogP contribution in [0.1, 0.15) is 26.2 Å². The van der Waals surface area contributed by atoms with E-state index >= 15 is 0 Å². The highest BCUT2D eigenvalue weighted by molar-refractivity contribution is 5.81. The molecule has 0 bridgehead atoms. The third-order valence-corrected chi connectivity index (χ3v) is 3.83. The lowest BCUT2D eigenvalue weighted by atomic mass is 9.96. The quantitative estimate of drug-likeness (QED) is 0.774. The molecule has 96 valence electrons. The average Bonchev–Trinajstić information content (AvgIpc) is 2.74. The zero-order valence-corrected chi connectivity index (χ0v) is 10.1. The number of carbonyl (C=O) groups excluding carboxylic acids is 1. The Morgan fingerprint density at radius 3 is 2.71 bits per heavy atom. The first-order valence-corrected chi connectivity index (χ1v) is 6.23. The molecule has 1 aliphatic heterocycles. The van der Waals surface area contributed by atoms with Crippen LogP contribution in [0.5, 0.6) is 0 Å². The van der Waals surface area contributed by atoms with Gasteiger partial charge in [-0.05, 0) is 18.8 Å². The summed E-state index contributed by atoms with van der Waals surface area (Å²) in [6, 6.07) is 0. The number of rotatable bonds is 2. The lowest BCUT2D eigenvalue weighted by Crippen LogP contribution is -2.50. The highest BCUT2D eigenvalue weighted by atomic mass is 16.5. The van der Waals surface area contributed by atoms with Crippen molar-refractivity contribution in [1.82, 2.24) is 4.90 Å². The van der Waals surface area contributed by atoms with Crippen molar-refractivity contribution in [3.63, 3.8) is 0 Å². The number of carbonyl (C=O) groups is 2.